The molecule has 66 valence electrons. The molecule has 0 aliphatic carbocycles. The summed E-state index contributed by atoms with van der Waals surface area (Å²) in [5, 5.41) is 0. The number of benzene rings is 1. The molecule has 0 unspecified atom stereocenters. The normalized spacial score (nSPS) is 9.92. The van der Waals surface area contributed by atoms with E-state index in [4.69, 9.17) is 4.74 Å². The van der Waals surface area contributed by atoms with Gasteiger partial charge in [-0.2, -0.15) is 12.6 Å². The Morgan fingerprint density at radius 2 is 2.17 bits per heavy atom. The highest BCUT2D eigenvalue weighted by Crippen LogP contribution is 2.22. The third kappa shape index (κ3) is 1.95. The van der Waals surface area contributed by atoms with Gasteiger partial charge in [0, 0.05) is 0 Å². The van der Waals surface area contributed by atoms with Crippen LogP contribution in [0.1, 0.15) is 11.1 Å². The second-order valence-electron chi connectivity index (χ2n) is 2.73. The zero-order valence-corrected chi connectivity index (χ0v) is 8.40. The molecule has 0 heterocycles. The van der Waals surface area contributed by atoms with Crippen molar-refractivity contribution in [1.82, 2.24) is 0 Å². The van der Waals surface area contributed by atoms with Crippen LogP contribution in [0.15, 0.2) is 18.2 Å². The summed E-state index contributed by atoms with van der Waals surface area (Å²) in [6, 6.07) is 6.10. The van der Waals surface area contributed by atoms with E-state index < -0.39 is 0 Å². The fourth-order valence-corrected chi connectivity index (χ4v) is 1.52. The first-order valence-electron chi connectivity index (χ1n) is 4.03. The standard InChI is InChI=1S/C10H14OS/c1-8-4-3-5-10(11-2)9(8)6-7-12/h3-5,12H,6-7H2,1-2H3. The van der Waals surface area contributed by atoms with Crippen molar-refractivity contribution in [3.63, 3.8) is 0 Å². The number of ether oxygens (including phenoxy) is 1. The number of rotatable bonds is 3. The molecule has 0 radical (unpaired) electrons. The Kier molecular flexibility index (Phi) is 3.48. The summed E-state index contributed by atoms with van der Waals surface area (Å²) in [6.45, 7) is 2.10. The Hall–Kier alpha value is -0.630. The molecule has 0 bridgehead atoms. The maximum absolute atomic E-state index is 5.24. The van der Waals surface area contributed by atoms with E-state index in [0.717, 1.165) is 17.9 Å². The van der Waals surface area contributed by atoms with Crippen LogP contribution >= 0.6 is 12.6 Å². The number of hydrogen-bond acceptors (Lipinski definition) is 2. The second-order valence-corrected chi connectivity index (χ2v) is 3.18. The maximum atomic E-state index is 5.24. The molecule has 0 N–H and O–H groups in total. The van der Waals surface area contributed by atoms with Crippen molar-refractivity contribution >= 4 is 12.6 Å². The summed E-state index contributed by atoms with van der Waals surface area (Å²) >= 11 is 4.21. The Bertz CT molecular complexity index is 258. The highest BCUT2D eigenvalue weighted by Gasteiger charge is 2.03. The van der Waals surface area contributed by atoms with Crippen molar-refractivity contribution in [2.45, 2.75) is 13.3 Å². The van der Waals surface area contributed by atoms with E-state index in [0.29, 0.717) is 0 Å². The van der Waals surface area contributed by atoms with E-state index in [-0.39, 0.29) is 0 Å². The van der Waals surface area contributed by atoms with Crippen LogP contribution in [-0.4, -0.2) is 12.9 Å². The highest BCUT2D eigenvalue weighted by molar-refractivity contribution is 7.80. The molecule has 0 fully saturated rings. The van der Waals surface area contributed by atoms with Gasteiger partial charge < -0.3 is 4.74 Å². The molecule has 0 aliphatic rings. The second kappa shape index (κ2) is 4.41. The topological polar surface area (TPSA) is 9.23 Å². The Balaban J connectivity index is 3.02. The van der Waals surface area contributed by atoms with Gasteiger partial charge in [0.2, 0.25) is 0 Å². The first-order chi connectivity index (χ1) is 5.79. The van der Waals surface area contributed by atoms with E-state index in [1.54, 1.807) is 7.11 Å². The quantitative estimate of drug-likeness (QED) is 0.707. The van der Waals surface area contributed by atoms with Crippen LogP contribution in [-0.2, 0) is 6.42 Å². The van der Waals surface area contributed by atoms with Crippen molar-refractivity contribution in [3.05, 3.63) is 29.3 Å². The van der Waals surface area contributed by atoms with Crippen molar-refractivity contribution in [3.8, 4) is 5.75 Å². The summed E-state index contributed by atoms with van der Waals surface area (Å²) in [5.41, 5.74) is 2.55. The van der Waals surface area contributed by atoms with Crippen LogP contribution in [0.25, 0.3) is 0 Å². The van der Waals surface area contributed by atoms with Crippen LogP contribution in [0.2, 0.25) is 0 Å². The zero-order chi connectivity index (χ0) is 8.97. The third-order valence-electron chi connectivity index (χ3n) is 1.95. The molecule has 1 rings (SSSR count). The molecular formula is C10H14OS. The van der Waals surface area contributed by atoms with E-state index in [2.05, 4.69) is 25.6 Å². The molecule has 1 aromatic rings. The average Bonchev–Trinajstić information content (AvgIpc) is 2.09. The summed E-state index contributed by atoms with van der Waals surface area (Å²) in [6.07, 6.45) is 0.971. The lowest BCUT2D eigenvalue weighted by Crippen LogP contribution is -1.95. The lowest BCUT2D eigenvalue weighted by atomic mass is 10.1. The van der Waals surface area contributed by atoms with Crippen LogP contribution < -0.4 is 4.74 Å². The minimum absolute atomic E-state index is 0.862. The predicted octanol–water partition coefficient (Wildman–Crippen LogP) is 2.48. The number of aryl methyl sites for hydroxylation is 1. The van der Waals surface area contributed by atoms with Gasteiger partial charge >= 0.3 is 0 Å². The lowest BCUT2D eigenvalue weighted by molar-refractivity contribution is 0.410. The Morgan fingerprint density at radius 1 is 1.42 bits per heavy atom. The number of methoxy groups -OCH3 is 1. The Labute approximate surface area is 79.2 Å². The zero-order valence-electron chi connectivity index (χ0n) is 7.50. The molecule has 1 aromatic carbocycles. The van der Waals surface area contributed by atoms with Gasteiger partial charge in [0.25, 0.3) is 0 Å². The van der Waals surface area contributed by atoms with E-state index >= 15 is 0 Å². The molecule has 0 atom stereocenters. The molecule has 0 aromatic heterocycles. The smallest absolute Gasteiger partial charge is 0.122 e. The molecule has 0 saturated carbocycles. The SMILES string of the molecule is COc1cccc(C)c1CCS. The summed E-state index contributed by atoms with van der Waals surface area (Å²) in [5.74, 6) is 1.84. The first kappa shape index (κ1) is 9.46. The largest absolute Gasteiger partial charge is 0.496 e. The molecule has 12 heavy (non-hydrogen) atoms. The summed E-state index contributed by atoms with van der Waals surface area (Å²) in [4.78, 5) is 0. The average molecular weight is 182 g/mol. The van der Waals surface area contributed by atoms with Gasteiger partial charge in [0.05, 0.1) is 7.11 Å². The van der Waals surface area contributed by atoms with Crippen molar-refractivity contribution in [2.75, 3.05) is 12.9 Å². The molecule has 0 spiro atoms. The predicted molar refractivity (Wildman–Crippen MR) is 55.3 cm³/mol. The van der Waals surface area contributed by atoms with Gasteiger partial charge in [-0.1, -0.05) is 12.1 Å². The molecule has 0 amide bonds. The number of thiol groups is 1. The molecule has 0 aliphatic heterocycles. The fourth-order valence-electron chi connectivity index (χ4n) is 1.30. The van der Waals surface area contributed by atoms with Crippen LogP contribution in [0.3, 0.4) is 0 Å². The van der Waals surface area contributed by atoms with Crippen LogP contribution in [0, 0.1) is 6.92 Å². The Morgan fingerprint density at radius 3 is 2.75 bits per heavy atom. The third-order valence-corrected chi connectivity index (χ3v) is 2.17. The lowest BCUT2D eigenvalue weighted by Gasteiger charge is -2.09. The summed E-state index contributed by atoms with van der Waals surface area (Å²) < 4.78 is 5.24. The van der Waals surface area contributed by atoms with Crippen LogP contribution in [0.5, 0.6) is 5.75 Å². The fraction of sp³-hybridized carbons (Fsp3) is 0.400. The van der Waals surface area contributed by atoms with Crippen molar-refractivity contribution < 1.29 is 4.74 Å². The van der Waals surface area contributed by atoms with Gasteiger partial charge in [-0.25, -0.2) is 0 Å². The molecule has 0 saturated heterocycles. The number of hydrogen-bond donors (Lipinski definition) is 1. The highest BCUT2D eigenvalue weighted by atomic mass is 32.1. The first-order valence-corrected chi connectivity index (χ1v) is 4.66. The van der Waals surface area contributed by atoms with Crippen molar-refractivity contribution in [1.29, 1.82) is 0 Å². The van der Waals surface area contributed by atoms with E-state index in [9.17, 15) is 0 Å². The van der Waals surface area contributed by atoms with Gasteiger partial charge in [0.15, 0.2) is 0 Å². The van der Waals surface area contributed by atoms with E-state index in [1.165, 1.54) is 11.1 Å². The van der Waals surface area contributed by atoms with E-state index in [1.807, 2.05) is 12.1 Å². The minimum Gasteiger partial charge on any atom is -0.496 e. The van der Waals surface area contributed by atoms with Gasteiger partial charge in [0.1, 0.15) is 5.75 Å². The van der Waals surface area contributed by atoms with Gasteiger partial charge in [-0.15, -0.1) is 0 Å². The minimum atomic E-state index is 0.862. The molecule has 1 nitrogen and oxygen atoms in total. The van der Waals surface area contributed by atoms with Crippen LogP contribution in [0.4, 0.5) is 0 Å². The molecule has 2 heteroatoms. The van der Waals surface area contributed by atoms with Crippen molar-refractivity contribution in [2.24, 2.45) is 0 Å². The maximum Gasteiger partial charge on any atom is 0.122 e. The molecular weight excluding hydrogens is 168 g/mol. The van der Waals surface area contributed by atoms with Gasteiger partial charge in [-0.05, 0) is 36.3 Å². The van der Waals surface area contributed by atoms with Gasteiger partial charge in [-0.3, -0.25) is 0 Å². The summed E-state index contributed by atoms with van der Waals surface area (Å²) in [7, 11) is 1.71. The monoisotopic (exact) mass is 182 g/mol.